The normalized spacial score (nSPS) is 10.2. The van der Waals surface area contributed by atoms with E-state index >= 15 is 0 Å². The molecule has 0 radical (unpaired) electrons. The van der Waals surface area contributed by atoms with Gasteiger partial charge in [-0.1, -0.05) is 0 Å². The van der Waals surface area contributed by atoms with Gasteiger partial charge in [-0.2, -0.15) is 5.10 Å². The van der Waals surface area contributed by atoms with Crippen molar-refractivity contribution in [2.45, 2.75) is 0 Å². The summed E-state index contributed by atoms with van der Waals surface area (Å²) in [6.07, 6.45) is 4.67. The highest BCUT2D eigenvalue weighted by Crippen LogP contribution is 2.30. The van der Waals surface area contributed by atoms with Crippen molar-refractivity contribution in [2.24, 2.45) is 12.9 Å². The molecule has 0 fully saturated rings. The van der Waals surface area contributed by atoms with Crippen LogP contribution in [-0.4, -0.2) is 19.7 Å². The average Bonchev–Trinajstić information content (AvgIpc) is 2.67. The number of halogens is 1. The molecule has 0 aliphatic rings. The van der Waals surface area contributed by atoms with Gasteiger partial charge in [-0.25, -0.2) is 15.8 Å². The van der Waals surface area contributed by atoms with Crippen LogP contribution in [0.2, 0.25) is 0 Å². The van der Waals surface area contributed by atoms with E-state index in [-0.39, 0.29) is 0 Å². The first-order valence-electron chi connectivity index (χ1n) is 4.34. The van der Waals surface area contributed by atoms with Crippen molar-refractivity contribution in [3.8, 4) is 11.6 Å². The van der Waals surface area contributed by atoms with Gasteiger partial charge < -0.3 is 10.2 Å². The number of ether oxygens (including phenoxy) is 1. The van der Waals surface area contributed by atoms with Gasteiger partial charge in [-0.15, -0.1) is 0 Å². The fraction of sp³-hybridized carbons (Fsp3) is 0.125. The number of nitrogens with two attached hydrogens (primary N) is 1. The molecule has 0 aliphatic heterocycles. The van der Waals surface area contributed by atoms with Crippen LogP contribution in [0.15, 0.2) is 23.2 Å². The van der Waals surface area contributed by atoms with Crippen LogP contribution in [0.5, 0.6) is 11.6 Å². The number of aromatic nitrogens is 4. The summed E-state index contributed by atoms with van der Waals surface area (Å²) in [5.74, 6) is 6.69. The maximum absolute atomic E-state index is 5.50. The molecule has 2 heterocycles. The van der Waals surface area contributed by atoms with Gasteiger partial charge in [-0.05, 0) is 15.9 Å². The molecule has 0 bridgehead atoms. The van der Waals surface area contributed by atoms with Gasteiger partial charge in [0.25, 0.3) is 0 Å². The first-order valence-corrected chi connectivity index (χ1v) is 5.13. The fourth-order valence-electron chi connectivity index (χ4n) is 1.09. The number of rotatable bonds is 3. The van der Waals surface area contributed by atoms with Crippen LogP contribution >= 0.6 is 15.9 Å². The average molecular weight is 285 g/mol. The number of nitrogens with one attached hydrogen (secondary N) is 1. The Kier molecular flexibility index (Phi) is 3.02. The molecule has 8 heteroatoms. The molecule has 16 heavy (non-hydrogen) atoms. The van der Waals surface area contributed by atoms with Gasteiger partial charge in [0, 0.05) is 7.05 Å². The number of anilines is 1. The van der Waals surface area contributed by atoms with E-state index in [1.54, 1.807) is 24.1 Å². The Bertz CT molecular complexity index is 499. The predicted molar refractivity (Wildman–Crippen MR) is 60.8 cm³/mol. The van der Waals surface area contributed by atoms with Gasteiger partial charge in [0.05, 0.1) is 12.4 Å². The molecule has 0 amide bonds. The quantitative estimate of drug-likeness (QED) is 0.647. The van der Waals surface area contributed by atoms with Crippen LogP contribution in [0.1, 0.15) is 0 Å². The monoisotopic (exact) mass is 284 g/mol. The summed E-state index contributed by atoms with van der Waals surface area (Å²) in [4.78, 5) is 7.89. The second kappa shape index (κ2) is 4.45. The lowest BCUT2D eigenvalue weighted by Gasteiger charge is -2.06. The Morgan fingerprint density at radius 1 is 1.50 bits per heavy atom. The van der Waals surface area contributed by atoms with Crippen molar-refractivity contribution >= 4 is 21.7 Å². The molecular formula is C8H9BrN6O. The summed E-state index contributed by atoms with van der Waals surface area (Å²) in [6.45, 7) is 0. The largest absolute Gasteiger partial charge is 0.434 e. The van der Waals surface area contributed by atoms with Crippen molar-refractivity contribution in [1.29, 1.82) is 0 Å². The minimum absolute atomic E-state index is 0.371. The Labute approximate surface area is 99.7 Å². The number of nitrogen functional groups attached to an aromatic ring is 1. The smallest absolute Gasteiger partial charge is 0.239 e. The first kappa shape index (κ1) is 10.8. The number of aryl methyl sites for hydroxylation is 1. The summed E-state index contributed by atoms with van der Waals surface area (Å²) >= 11 is 3.29. The third kappa shape index (κ3) is 2.12. The van der Waals surface area contributed by atoms with Crippen LogP contribution < -0.4 is 16.0 Å². The zero-order valence-electron chi connectivity index (χ0n) is 8.38. The molecular weight excluding hydrogens is 276 g/mol. The molecule has 2 rings (SSSR count). The van der Waals surface area contributed by atoms with E-state index in [9.17, 15) is 0 Å². The number of hydrogen-bond donors (Lipinski definition) is 2. The second-order valence-electron chi connectivity index (χ2n) is 2.94. The van der Waals surface area contributed by atoms with Crippen molar-refractivity contribution in [3.05, 3.63) is 23.2 Å². The van der Waals surface area contributed by atoms with Crippen LogP contribution in [0, 0.1) is 0 Å². The number of hydrazine groups is 1. The fourth-order valence-corrected chi connectivity index (χ4v) is 1.49. The molecule has 84 valence electrons. The molecule has 0 atom stereocenters. The van der Waals surface area contributed by atoms with E-state index < -0.39 is 0 Å². The lowest BCUT2D eigenvalue weighted by molar-refractivity contribution is 0.458. The summed E-state index contributed by atoms with van der Waals surface area (Å²) in [5, 5.41) is 3.98. The molecule has 3 N–H and O–H groups in total. The maximum atomic E-state index is 5.50. The van der Waals surface area contributed by atoms with Gasteiger partial charge in [0.15, 0.2) is 11.6 Å². The standard InChI is InChI=1S/C8H9BrN6O/c1-15-3-5(2-13-15)16-8-6(9)7(14-10)11-4-12-8/h2-4H,10H2,1H3,(H,11,12,14). The van der Waals surface area contributed by atoms with E-state index in [1.165, 1.54) is 6.33 Å². The molecule has 0 aromatic carbocycles. The van der Waals surface area contributed by atoms with E-state index in [0.717, 1.165) is 0 Å². The molecule has 2 aromatic heterocycles. The van der Waals surface area contributed by atoms with Crippen LogP contribution in [0.3, 0.4) is 0 Å². The van der Waals surface area contributed by atoms with Crippen LogP contribution in [-0.2, 0) is 7.05 Å². The lowest BCUT2D eigenvalue weighted by atomic mass is 10.5. The summed E-state index contributed by atoms with van der Waals surface area (Å²) in [5.41, 5.74) is 2.43. The molecule has 0 saturated carbocycles. The van der Waals surface area contributed by atoms with Crippen LogP contribution in [0.4, 0.5) is 5.82 Å². The van der Waals surface area contributed by atoms with E-state index in [1.807, 2.05) is 0 Å². The van der Waals surface area contributed by atoms with Crippen molar-refractivity contribution in [3.63, 3.8) is 0 Å². The highest BCUT2D eigenvalue weighted by atomic mass is 79.9. The van der Waals surface area contributed by atoms with Crippen molar-refractivity contribution in [1.82, 2.24) is 19.7 Å². The second-order valence-corrected chi connectivity index (χ2v) is 3.73. The Morgan fingerprint density at radius 3 is 2.94 bits per heavy atom. The highest BCUT2D eigenvalue weighted by molar-refractivity contribution is 9.10. The zero-order chi connectivity index (χ0) is 11.5. The minimum Gasteiger partial charge on any atom is -0.434 e. The molecule has 2 aromatic rings. The zero-order valence-corrected chi connectivity index (χ0v) is 9.97. The summed E-state index contributed by atoms with van der Waals surface area (Å²) in [6, 6.07) is 0. The van der Waals surface area contributed by atoms with Gasteiger partial charge in [0.2, 0.25) is 5.88 Å². The first-order chi connectivity index (χ1) is 7.70. The Balaban J connectivity index is 2.28. The highest BCUT2D eigenvalue weighted by Gasteiger charge is 2.10. The third-order valence-electron chi connectivity index (χ3n) is 1.79. The topological polar surface area (TPSA) is 90.9 Å². The van der Waals surface area contributed by atoms with E-state index in [0.29, 0.717) is 21.9 Å². The maximum Gasteiger partial charge on any atom is 0.239 e. The molecule has 0 aliphatic carbocycles. The van der Waals surface area contributed by atoms with Crippen LogP contribution in [0.25, 0.3) is 0 Å². The van der Waals surface area contributed by atoms with E-state index in [4.69, 9.17) is 10.6 Å². The summed E-state index contributed by atoms with van der Waals surface area (Å²) in [7, 11) is 1.80. The number of hydrogen-bond acceptors (Lipinski definition) is 6. The molecule has 7 nitrogen and oxygen atoms in total. The molecule has 0 unspecified atom stereocenters. The van der Waals surface area contributed by atoms with Crippen molar-refractivity contribution in [2.75, 3.05) is 5.43 Å². The molecule has 0 spiro atoms. The minimum atomic E-state index is 0.371. The van der Waals surface area contributed by atoms with Gasteiger partial charge in [-0.3, -0.25) is 4.68 Å². The lowest BCUT2D eigenvalue weighted by Crippen LogP contribution is -2.09. The predicted octanol–water partition coefficient (Wildman–Crippen LogP) is 1.05. The molecule has 0 saturated heterocycles. The van der Waals surface area contributed by atoms with Gasteiger partial charge >= 0.3 is 0 Å². The third-order valence-corrected chi connectivity index (χ3v) is 2.50. The van der Waals surface area contributed by atoms with Gasteiger partial charge in [0.1, 0.15) is 10.8 Å². The van der Waals surface area contributed by atoms with Crippen molar-refractivity contribution < 1.29 is 4.74 Å². The van der Waals surface area contributed by atoms with E-state index in [2.05, 4.69) is 36.4 Å². The number of nitrogens with zero attached hydrogens (tertiary/aromatic N) is 4. The SMILES string of the molecule is Cn1cc(Oc2ncnc(NN)c2Br)cn1. The Morgan fingerprint density at radius 2 is 2.31 bits per heavy atom. The Hall–Kier alpha value is -1.67. The summed E-state index contributed by atoms with van der Waals surface area (Å²) < 4.78 is 7.68.